The number of piperazine rings is 1. The van der Waals surface area contributed by atoms with Gasteiger partial charge in [-0.05, 0) is 19.1 Å². The van der Waals surface area contributed by atoms with Crippen LogP contribution in [-0.2, 0) is 11.3 Å². The molecular formula is C14H20FN2O2+. The maximum absolute atomic E-state index is 12.8. The number of amides is 1. The summed E-state index contributed by atoms with van der Waals surface area (Å²) < 4.78 is 17.8. The van der Waals surface area contributed by atoms with Gasteiger partial charge < -0.3 is 9.64 Å². The Hall–Kier alpha value is -1.62. The van der Waals surface area contributed by atoms with Gasteiger partial charge in [0.05, 0.1) is 32.8 Å². The van der Waals surface area contributed by atoms with E-state index in [0.29, 0.717) is 6.61 Å². The van der Waals surface area contributed by atoms with E-state index >= 15 is 0 Å². The molecule has 0 bridgehead atoms. The molecule has 1 aromatic carbocycles. The lowest BCUT2D eigenvalue weighted by atomic mass is 10.2. The Bertz CT molecular complexity index is 414. The molecule has 2 rings (SSSR count). The van der Waals surface area contributed by atoms with Crippen molar-refractivity contribution in [3.8, 4) is 0 Å². The number of hydrogen-bond acceptors (Lipinski definition) is 2. The summed E-state index contributed by atoms with van der Waals surface area (Å²) in [6.07, 6.45) is -0.219. The zero-order valence-electron chi connectivity index (χ0n) is 11.2. The minimum atomic E-state index is -0.219. The van der Waals surface area contributed by atoms with Crippen molar-refractivity contribution < 1.29 is 18.8 Å². The minimum absolute atomic E-state index is 0.203. The molecule has 0 aliphatic carbocycles. The predicted molar refractivity (Wildman–Crippen MR) is 69.4 cm³/mol. The van der Waals surface area contributed by atoms with Gasteiger partial charge >= 0.3 is 6.09 Å². The van der Waals surface area contributed by atoms with Crippen LogP contribution in [0.1, 0.15) is 12.5 Å². The maximum Gasteiger partial charge on any atom is 0.410 e. The van der Waals surface area contributed by atoms with Crippen LogP contribution in [0, 0.1) is 5.82 Å². The van der Waals surface area contributed by atoms with Gasteiger partial charge in [-0.1, -0.05) is 12.1 Å². The monoisotopic (exact) mass is 267 g/mol. The second-order valence-corrected chi connectivity index (χ2v) is 4.74. The highest BCUT2D eigenvalue weighted by molar-refractivity contribution is 5.67. The summed E-state index contributed by atoms with van der Waals surface area (Å²) in [7, 11) is 0. The quantitative estimate of drug-likeness (QED) is 0.874. The predicted octanol–water partition coefficient (Wildman–Crippen LogP) is 0.683. The summed E-state index contributed by atoms with van der Waals surface area (Å²) in [5.74, 6) is -0.203. The van der Waals surface area contributed by atoms with Crippen LogP contribution in [0.5, 0.6) is 0 Å². The van der Waals surface area contributed by atoms with Crippen LogP contribution < -0.4 is 4.90 Å². The zero-order valence-corrected chi connectivity index (χ0v) is 11.2. The number of hydrogen-bond donors (Lipinski definition) is 1. The van der Waals surface area contributed by atoms with Gasteiger partial charge in [-0.3, -0.25) is 4.90 Å². The second-order valence-electron chi connectivity index (χ2n) is 4.74. The summed E-state index contributed by atoms with van der Waals surface area (Å²) in [5, 5.41) is 0. The fourth-order valence-corrected chi connectivity index (χ4v) is 2.29. The molecule has 1 fully saturated rings. The summed E-state index contributed by atoms with van der Waals surface area (Å²) in [6, 6.07) is 6.62. The van der Waals surface area contributed by atoms with E-state index in [1.807, 2.05) is 19.1 Å². The molecule has 0 atom stereocenters. The molecule has 1 aliphatic rings. The molecule has 1 aliphatic heterocycles. The molecule has 1 N–H and O–H groups in total. The molecular weight excluding hydrogens is 247 g/mol. The Morgan fingerprint density at radius 1 is 1.32 bits per heavy atom. The Morgan fingerprint density at radius 2 is 1.95 bits per heavy atom. The lowest BCUT2D eigenvalue weighted by Gasteiger charge is -2.31. The van der Waals surface area contributed by atoms with Gasteiger partial charge in [0.25, 0.3) is 0 Å². The normalized spacial score (nSPS) is 16.4. The van der Waals surface area contributed by atoms with Crippen molar-refractivity contribution in [1.29, 1.82) is 0 Å². The first-order chi connectivity index (χ1) is 9.19. The smallest absolute Gasteiger partial charge is 0.410 e. The number of nitrogens with zero attached hydrogens (tertiary/aromatic N) is 1. The van der Waals surface area contributed by atoms with Crippen molar-refractivity contribution in [3.05, 3.63) is 35.6 Å². The third-order valence-electron chi connectivity index (χ3n) is 3.36. The van der Waals surface area contributed by atoms with Crippen LogP contribution >= 0.6 is 0 Å². The zero-order chi connectivity index (χ0) is 13.7. The molecule has 19 heavy (non-hydrogen) atoms. The lowest BCUT2D eigenvalue weighted by Crippen LogP contribution is -3.13. The van der Waals surface area contributed by atoms with Gasteiger partial charge in [0.1, 0.15) is 12.4 Å². The Morgan fingerprint density at radius 3 is 2.53 bits per heavy atom. The number of quaternary nitrogens is 1. The summed E-state index contributed by atoms with van der Waals surface area (Å²) in [5.41, 5.74) is 1.13. The number of carbonyl (C=O) groups is 1. The number of halogens is 1. The average molecular weight is 267 g/mol. The van der Waals surface area contributed by atoms with Crippen LogP contribution in [0.2, 0.25) is 0 Å². The molecule has 5 heteroatoms. The molecule has 0 radical (unpaired) electrons. The molecule has 4 nitrogen and oxygen atoms in total. The van der Waals surface area contributed by atoms with Crippen molar-refractivity contribution >= 4 is 6.09 Å². The molecule has 0 saturated carbocycles. The van der Waals surface area contributed by atoms with Crippen molar-refractivity contribution in [2.75, 3.05) is 32.8 Å². The van der Waals surface area contributed by atoms with E-state index in [1.165, 1.54) is 17.0 Å². The van der Waals surface area contributed by atoms with Crippen LogP contribution in [-0.4, -0.2) is 43.8 Å². The SMILES string of the molecule is CCOC(=O)N1CC[NH+](Cc2ccc(F)cc2)CC1. The molecule has 1 saturated heterocycles. The molecule has 1 amide bonds. The van der Waals surface area contributed by atoms with Crippen molar-refractivity contribution in [2.45, 2.75) is 13.5 Å². The molecule has 0 spiro atoms. The molecule has 0 unspecified atom stereocenters. The Balaban J connectivity index is 1.80. The summed E-state index contributed by atoms with van der Waals surface area (Å²) >= 11 is 0. The highest BCUT2D eigenvalue weighted by atomic mass is 19.1. The molecule has 0 aromatic heterocycles. The Kier molecular flexibility index (Phi) is 4.74. The van der Waals surface area contributed by atoms with Gasteiger partial charge in [-0.25, -0.2) is 9.18 Å². The average Bonchev–Trinajstić information content (AvgIpc) is 2.42. The topological polar surface area (TPSA) is 34.0 Å². The molecule has 104 valence electrons. The van der Waals surface area contributed by atoms with Gasteiger partial charge in [0.2, 0.25) is 0 Å². The fourth-order valence-electron chi connectivity index (χ4n) is 2.29. The first kappa shape index (κ1) is 13.8. The number of rotatable bonds is 3. The third kappa shape index (κ3) is 3.92. The highest BCUT2D eigenvalue weighted by Gasteiger charge is 2.24. The first-order valence-electron chi connectivity index (χ1n) is 6.68. The van der Waals surface area contributed by atoms with Gasteiger partial charge in [-0.15, -0.1) is 0 Å². The van der Waals surface area contributed by atoms with Crippen molar-refractivity contribution in [3.63, 3.8) is 0 Å². The van der Waals surface area contributed by atoms with Crippen molar-refractivity contribution in [1.82, 2.24) is 4.90 Å². The fraction of sp³-hybridized carbons (Fsp3) is 0.500. The number of carbonyl (C=O) groups excluding carboxylic acids is 1. The lowest BCUT2D eigenvalue weighted by molar-refractivity contribution is -0.917. The third-order valence-corrected chi connectivity index (χ3v) is 3.36. The summed E-state index contributed by atoms with van der Waals surface area (Å²) in [4.78, 5) is 14.7. The van der Waals surface area contributed by atoms with Gasteiger partial charge in [0, 0.05) is 5.56 Å². The second kappa shape index (κ2) is 6.52. The molecule has 1 heterocycles. The standard InChI is InChI=1S/C14H19FN2O2/c1-2-19-14(18)17-9-7-16(8-10-17)11-12-3-5-13(15)6-4-12/h3-6H,2,7-11H2,1H3/p+1. The highest BCUT2D eigenvalue weighted by Crippen LogP contribution is 2.01. The summed E-state index contributed by atoms with van der Waals surface area (Å²) in [6.45, 7) is 6.34. The van der Waals surface area contributed by atoms with Crippen LogP contribution in [0.15, 0.2) is 24.3 Å². The first-order valence-corrected chi connectivity index (χ1v) is 6.68. The number of ether oxygens (including phenoxy) is 1. The van der Waals surface area contributed by atoms with E-state index in [0.717, 1.165) is 38.3 Å². The maximum atomic E-state index is 12.8. The van der Waals surface area contributed by atoms with Crippen LogP contribution in [0.4, 0.5) is 9.18 Å². The number of benzene rings is 1. The largest absolute Gasteiger partial charge is 0.450 e. The van der Waals surface area contributed by atoms with Gasteiger partial charge in [0.15, 0.2) is 0 Å². The van der Waals surface area contributed by atoms with E-state index < -0.39 is 0 Å². The minimum Gasteiger partial charge on any atom is -0.450 e. The van der Waals surface area contributed by atoms with Crippen molar-refractivity contribution in [2.24, 2.45) is 0 Å². The number of nitrogens with one attached hydrogen (secondary N) is 1. The van der Waals surface area contributed by atoms with Gasteiger partial charge in [-0.2, -0.15) is 0 Å². The van der Waals surface area contributed by atoms with E-state index in [-0.39, 0.29) is 11.9 Å². The van der Waals surface area contributed by atoms with E-state index in [1.54, 1.807) is 4.90 Å². The van der Waals surface area contributed by atoms with Crippen LogP contribution in [0.25, 0.3) is 0 Å². The van der Waals surface area contributed by atoms with Crippen LogP contribution in [0.3, 0.4) is 0 Å². The van der Waals surface area contributed by atoms with E-state index in [9.17, 15) is 9.18 Å². The van der Waals surface area contributed by atoms with E-state index in [2.05, 4.69) is 0 Å². The Labute approximate surface area is 112 Å². The van der Waals surface area contributed by atoms with E-state index in [4.69, 9.17) is 4.74 Å². The molecule has 1 aromatic rings.